The Hall–Kier alpha value is -4.48. The average Bonchev–Trinajstić information content (AvgIpc) is 3.39. The summed E-state index contributed by atoms with van der Waals surface area (Å²) >= 11 is 0. The minimum Gasteiger partial charge on any atom is -0.444 e. The van der Waals surface area contributed by atoms with Gasteiger partial charge in [0, 0.05) is 37.7 Å². The summed E-state index contributed by atoms with van der Waals surface area (Å²) in [6.07, 6.45) is 6.94. The Labute approximate surface area is 219 Å². The van der Waals surface area contributed by atoms with Crippen LogP contribution in [0.25, 0.3) is 5.69 Å². The fourth-order valence-electron chi connectivity index (χ4n) is 4.03. The zero-order chi connectivity index (χ0) is 27.3. The normalized spacial score (nSPS) is 14.1. The van der Waals surface area contributed by atoms with Gasteiger partial charge in [-0.05, 0) is 57.4 Å². The number of alkyl carbamates (subject to hydrolysis) is 1. The minimum absolute atomic E-state index is 0.00490. The summed E-state index contributed by atoms with van der Waals surface area (Å²) in [5.74, 6) is 0.127. The highest BCUT2D eigenvalue weighted by atomic mass is 16.6. The van der Waals surface area contributed by atoms with E-state index in [1.54, 1.807) is 29.2 Å². The zero-order valence-electron chi connectivity index (χ0n) is 21.6. The van der Waals surface area contributed by atoms with Gasteiger partial charge in [-0.25, -0.2) is 19.4 Å². The summed E-state index contributed by atoms with van der Waals surface area (Å²) in [5, 5.41) is 5.41. The molecule has 200 valence electrons. The number of nitrogens with one attached hydrogen (secondary N) is 2. The minimum atomic E-state index is -0.555. The first-order valence-corrected chi connectivity index (χ1v) is 12.3. The van der Waals surface area contributed by atoms with Crippen LogP contribution in [0.2, 0.25) is 0 Å². The van der Waals surface area contributed by atoms with Crippen molar-refractivity contribution < 1.29 is 19.1 Å². The number of hydrogen-bond acceptors (Lipinski definition) is 7. The van der Waals surface area contributed by atoms with Crippen LogP contribution in [0.5, 0.6) is 0 Å². The fourth-order valence-corrected chi connectivity index (χ4v) is 4.03. The lowest BCUT2D eigenvalue weighted by Gasteiger charge is -2.33. The molecule has 0 radical (unpaired) electrons. The third kappa shape index (κ3) is 7.05. The van der Waals surface area contributed by atoms with Crippen LogP contribution in [-0.2, 0) is 16.0 Å². The van der Waals surface area contributed by atoms with E-state index in [1.165, 1.54) is 40.1 Å². The highest BCUT2D eigenvalue weighted by molar-refractivity contribution is 5.89. The number of piperidine rings is 1. The van der Waals surface area contributed by atoms with Gasteiger partial charge >= 0.3 is 17.8 Å². The molecular weight excluding hydrogens is 490 g/mol. The number of hydrogen-bond donors (Lipinski definition) is 2. The highest BCUT2D eigenvalue weighted by Gasteiger charge is 2.25. The van der Waals surface area contributed by atoms with E-state index in [0.29, 0.717) is 31.6 Å². The van der Waals surface area contributed by atoms with Crippen LogP contribution in [0.4, 0.5) is 15.4 Å². The highest BCUT2D eigenvalue weighted by Crippen LogP contribution is 2.15. The quantitative estimate of drug-likeness (QED) is 0.526. The molecule has 1 saturated heterocycles. The lowest BCUT2D eigenvalue weighted by molar-refractivity contribution is -0.131. The molecule has 0 atom stereocenters. The molecule has 2 aromatic heterocycles. The van der Waals surface area contributed by atoms with Gasteiger partial charge in [-0.2, -0.15) is 4.98 Å². The number of imidazole rings is 1. The smallest absolute Gasteiger partial charge is 0.407 e. The maximum absolute atomic E-state index is 12.8. The van der Waals surface area contributed by atoms with Gasteiger partial charge in [-0.3, -0.25) is 19.2 Å². The van der Waals surface area contributed by atoms with Crippen LogP contribution in [-0.4, -0.2) is 66.8 Å². The van der Waals surface area contributed by atoms with E-state index >= 15 is 0 Å². The van der Waals surface area contributed by atoms with Gasteiger partial charge in [-0.1, -0.05) is 12.1 Å². The number of aromatic nitrogens is 4. The molecule has 3 aromatic rings. The van der Waals surface area contributed by atoms with Crippen molar-refractivity contribution in [3.8, 4) is 5.69 Å². The number of amides is 3. The van der Waals surface area contributed by atoms with Crippen molar-refractivity contribution in [2.45, 2.75) is 51.7 Å². The molecule has 0 spiro atoms. The number of carbonyl (C=O) groups is 3. The Balaban J connectivity index is 1.29. The summed E-state index contributed by atoms with van der Waals surface area (Å²) in [6.45, 7) is 6.57. The monoisotopic (exact) mass is 521 g/mol. The maximum atomic E-state index is 12.8. The third-order valence-corrected chi connectivity index (χ3v) is 5.92. The molecule has 1 aliphatic rings. The molecule has 2 N–H and O–H groups in total. The van der Waals surface area contributed by atoms with E-state index < -0.39 is 23.4 Å². The first-order valence-electron chi connectivity index (χ1n) is 12.3. The lowest BCUT2D eigenvalue weighted by Crippen LogP contribution is -2.47. The van der Waals surface area contributed by atoms with Crippen LogP contribution in [0.15, 0.2) is 60.0 Å². The van der Waals surface area contributed by atoms with Gasteiger partial charge in [0.1, 0.15) is 17.7 Å². The number of rotatable bonds is 5. The van der Waals surface area contributed by atoms with Crippen molar-refractivity contribution in [3.63, 3.8) is 0 Å². The van der Waals surface area contributed by atoms with E-state index in [-0.39, 0.29) is 24.2 Å². The number of ether oxygens (including phenoxy) is 1. The Morgan fingerprint density at radius 3 is 2.37 bits per heavy atom. The van der Waals surface area contributed by atoms with Crippen molar-refractivity contribution in [3.05, 3.63) is 71.3 Å². The van der Waals surface area contributed by atoms with E-state index in [1.807, 2.05) is 20.8 Å². The largest absolute Gasteiger partial charge is 0.444 e. The Kier molecular flexibility index (Phi) is 7.89. The van der Waals surface area contributed by atoms with Gasteiger partial charge < -0.3 is 15.0 Å². The molecule has 3 amide bonds. The van der Waals surface area contributed by atoms with Crippen LogP contribution in [0.3, 0.4) is 0 Å². The predicted molar refractivity (Wildman–Crippen MR) is 139 cm³/mol. The summed E-state index contributed by atoms with van der Waals surface area (Å²) in [5.41, 5.74) is 0.293. The van der Waals surface area contributed by atoms with E-state index in [2.05, 4.69) is 20.6 Å². The van der Waals surface area contributed by atoms with Gasteiger partial charge in [0.25, 0.3) is 0 Å². The third-order valence-electron chi connectivity index (χ3n) is 5.92. The van der Waals surface area contributed by atoms with E-state index in [9.17, 15) is 19.2 Å². The van der Waals surface area contributed by atoms with Crippen molar-refractivity contribution >= 4 is 23.8 Å². The second kappa shape index (κ2) is 11.3. The number of likely N-dealkylation sites (tertiary alicyclic amines) is 1. The standard InChI is InChI=1S/C26H31N7O5/c1-26(2,3)38-25(37)28-19-8-12-31(13-9-19)22(34)16-18-4-6-20(7-5-18)33-14-10-21(30-24(33)36)29-23(35)32-15-11-27-17-32/h4-7,10-11,14-15,17,19H,8-9,12-13,16H2,1-3H3,(H,28,37)(H,29,30,35,36). The fraction of sp³-hybridized carbons (Fsp3) is 0.385. The Bertz CT molecular complexity index is 1340. The zero-order valence-corrected chi connectivity index (χ0v) is 21.6. The van der Waals surface area contributed by atoms with Gasteiger partial charge in [0.05, 0.1) is 12.1 Å². The molecule has 1 fully saturated rings. The first kappa shape index (κ1) is 26.6. The molecule has 12 nitrogen and oxygen atoms in total. The second-order valence-electron chi connectivity index (χ2n) is 10.0. The van der Waals surface area contributed by atoms with E-state index in [0.717, 1.165) is 5.56 Å². The predicted octanol–water partition coefficient (Wildman–Crippen LogP) is 2.57. The van der Waals surface area contributed by atoms with Crippen molar-refractivity contribution in [1.82, 2.24) is 29.3 Å². The number of anilines is 1. The van der Waals surface area contributed by atoms with E-state index in [4.69, 9.17) is 4.74 Å². The van der Waals surface area contributed by atoms with Crippen molar-refractivity contribution in [2.24, 2.45) is 0 Å². The van der Waals surface area contributed by atoms with Crippen LogP contribution < -0.4 is 16.3 Å². The van der Waals surface area contributed by atoms with Crippen molar-refractivity contribution in [2.75, 3.05) is 18.4 Å². The molecule has 1 aromatic carbocycles. The molecule has 38 heavy (non-hydrogen) atoms. The van der Waals surface area contributed by atoms with Crippen LogP contribution in [0, 0.1) is 0 Å². The van der Waals surface area contributed by atoms with Gasteiger partial charge in [-0.15, -0.1) is 0 Å². The number of nitrogens with zero attached hydrogens (tertiary/aromatic N) is 5. The van der Waals surface area contributed by atoms with Crippen LogP contribution in [0.1, 0.15) is 39.2 Å². The van der Waals surface area contributed by atoms with Crippen LogP contribution >= 0.6 is 0 Å². The lowest BCUT2D eigenvalue weighted by atomic mass is 10.0. The summed E-state index contributed by atoms with van der Waals surface area (Å²) in [7, 11) is 0. The van der Waals surface area contributed by atoms with Gasteiger partial charge in [0.2, 0.25) is 5.91 Å². The number of benzene rings is 1. The molecule has 0 bridgehead atoms. The SMILES string of the molecule is CC(C)(C)OC(=O)NC1CCN(C(=O)Cc2ccc(-n3ccc(NC(=O)n4ccnc4)nc3=O)cc2)CC1. The Morgan fingerprint density at radius 1 is 1.05 bits per heavy atom. The molecule has 3 heterocycles. The topological polar surface area (TPSA) is 140 Å². The average molecular weight is 522 g/mol. The Morgan fingerprint density at radius 2 is 1.76 bits per heavy atom. The summed E-state index contributed by atoms with van der Waals surface area (Å²) in [6, 6.07) is 8.10. The van der Waals surface area contributed by atoms with Gasteiger partial charge in [0.15, 0.2) is 0 Å². The molecule has 0 aliphatic carbocycles. The summed E-state index contributed by atoms with van der Waals surface area (Å²) < 4.78 is 7.88. The first-order chi connectivity index (χ1) is 18.1. The molecular formula is C26H31N7O5. The number of carbonyl (C=O) groups excluding carboxylic acids is 3. The van der Waals surface area contributed by atoms with Crippen molar-refractivity contribution in [1.29, 1.82) is 0 Å². The molecule has 1 aliphatic heterocycles. The molecule has 12 heteroatoms. The molecule has 4 rings (SSSR count). The maximum Gasteiger partial charge on any atom is 0.407 e. The summed E-state index contributed by atoms with van der Waals surface area (Å²) in [4.78, 5) is 58.9. The molecule has 0 saturated carbocycles. The second-order valence-corrected chi connectivity index (χ2v) is 10.0. The molecule has 0 unspecified atom stereocenters.